The molecule has 1 unspecified atom stereocenters. The van der Waals surface area contributed by atoms with E-state index in [1.165, 1.54) is 0 Å². The standard InChI is InChI=1S/C13H16ClNO3/c1-9(2)13(17)18-8-12(16)7-15-11-5-3-4-10(14)6-11/h3-6,12,15-16H,1,7-8H2,2H3. The molecule has 18 heavy (non-hydrogen) atoms. The lowest BCUT2D eigenvalue weighted by molar-refractivity contribution is -0.141. The van der Waals surface area contributed by atoms with E-state index in [0.29, 0.717) is 10.6 Å². The lowest BCUT2D eigenvalue weighted by Gasteiger charge is -2.13. The first-order chi connectivity index (χ1) is 8.49. The van der Waals surface area contributed by atoms with Crippen molar-refractivity contribution in [3.8, 4) is 0 Å². The molecule has 0 bridgehead atoms. The van der Waals surface area contributed by atoms with Crippen LogP contribution in [0.1, 0.15) is 6.92 Å². The highest BCUT2D eigenvalue weighted by Crippen LogP contribution is 2.14. The number of nitrogens with one attached hydrogen (secondary N) is 1. The molecule has 0 aliphatic heterocycles. The number of hydrogen-bond acceptors (Lipinski definition) is 4. The lowest BCUT2D eigenvalue weighted by atomic mass is 10.3. The second-order valence-corrected chi connectivity index (χ2v) is 4.36. The largest absolute Gasteiger partial charge is 0.460 e. The normalized spacial score (nSPS) is 11.7. The molecule has 0 amide bonds. The van der Waals surface area contributed by atoms with Crippen molar-refractivity contribution in [1.29, 1.82) is 0 Å². The zero-order valence-corrected chi connectivity index (χ0v) is 10.9. The van der Waals surface area contributed by atoms with Gasteiger partial charge in [0.05, 0.1) is 0 Å². The molecule has 4 nitrogen and oxygen atoms in total. The Balaban J connectivity index is 2.31. The van der Waals surface area contributed by atoms with E-state index in [2.05, 4.69) is 11.9 Å². The number of aliphatic hydroxyl groups excluding tert-OH is 1. The monoisotopic (exact) mass is 269 g/mol. The molecule has 0 saturated carbocycles. The van der Waals surface area contributed by atoms with Gasteiger partial charge in [0.1, 0.15) is 12.7 Å². The number of anilines is 1. The molecule has 1 rings (SSSR count). The van der Waals surface area contributed by atoms with Gasteiger partial charge in [-0.05, 0) is 25.1 Å². The average molecular weight is 270 g/mol. The van der Waals surface area contributed by atoms with Gasteiger partial charge in [0.15, 0.2) is 0 Å². The van der Waals surface area contributed by atoms with Crippen molar-refractivity contribution in [1.82, 2.24) is 0 Å². The van der Waals surface area contributed by atoms with Crippen LogP contribution < -0.4 is 5.32 Å². The Hall–Kier alpha value is -1.52. The molecule has 1 aromatic rings. The molecular formula is C13H16ClNO3. The van der Waals surface area contributed by atoms with Gasteiger partial charge >= 0.3 is 5.97 Å². The number of hydrogen-bond donors (Lipinski definition) is 2. The summed E-state index contributed by atoms with van der Waals surface area (Å²) < 4.78 is 4.82. The van der Waals surface area contributed by atoms with Crippen LogP contribution in [0.2, 0.25) is 5.02 Å². The van der Waals surface area contributed by atoms with Gasteiger partial charge in [-0.2, -0.15) is 0 Å². The van der Waals surface area contributed by atoms with Crippen LogP contribution in [-0.2, 0) is 9.53 Å². The molecule has 0 radical (unpaired) electrons. The van der Waals surface area contributed by atoms with Crippen molar-refractivity contribution < 1.29 is 14.6 Å². The van der Waals surface area contributed by atoms with Gasteiger partial charge < -0.3 is 15.2 Å². The van der Waals surface area contributed by atoms with Crippen LogP contribution >= 0.6 is 11.6 Å². The molecule has 5 heteroatoms. The first-order valence-corrected chi connectivity index (χ1v) is 5.87. The predicted octanol–water partition coefficient (Wildman–Crippen LogP) is 2.23. The van der Waals surface area contributed by atoms with Crippen molar-refractivity contribution >= 4 is 23.3 Å². The number of halogens is 1. The van der Waals surface area contributed by atoms with E-state index in [-0.39, 0.29) is 13.2 Å². The first kappa shape index (κ1) is 14.5. The van der Waals surface area contributed by atoms with E-state index in [0.717, 1.165) is 5.69 Å². The summed E-state index contributed by atoms with van der Waals surface area (Å²) in [5, 5.41) is 13.2. The van der Waals surface area contributed by atoms with E-state index < -0.39 is 12.1 Å². The number of benzene rings is 1. The summed E-state index contributed by atoms with van der Waals surface area (Å²) in [6, 6.07) is 7.14. The van der Waals surface area contributed by atoms with Crippen molar-refractivity contribution in [2.24, 2.45) is 0 Å². The van der Waals surface area contributed by atoms with Crippen LogP contribution in [0.5, 0.6) is 0 Å². The summed E-state index contributed by atoms with van der Waals surface area (Å²) in [4.78, 5) is 11.1. The third kappa shape index (κ3) is 5.21. The molecule has 98 valence electrons. The zero-order chi connectivity index (χ0) is 13.5. The highest BCUT2D eigenvalue weighted by molar-refractivity contribution is 6.30. The fourth-order valence-corrected chi connectivity index (χ4v) is 1.38. The Morgan fingerprint density at radius 3 is 2.94 bits per heavy atom. The van der Waals surface area contributed by atoms with Crippen molar-refractivity contribution in [3.05, 3.63) is 41.4 Å². The zero-order valence-electron chi connectivity index (χ0n) is 10.1. The van der Waals surface area contributed by atoms with E-state index in [1.807, 2.05) is 6.07 Å². The molecule has 0 saturated heterocycles. The van der Waals surface area contributed by atoms with Crippen LogP contribution in [0.4, 0.5) is 5.69 Å². The number of rotatable bonds is 6. The first-order valence-electron chi connectivity index (χ1n) is 5.49. The summed E-state index contributed by atoms with van der Waals surface area (Å²) in [6.07, 6.45) is -0.785. The Morgan fingerprint density at radius 1 is 1.61 bits per heavy atom. The Morgan fingerprint density at radius 2 is 2.33 bits per heavy atom. The molecule has 2 N–H and O–H groups in total. The summed E-state index contributed by atoms with van der Waals surface area (Å²) in [5.74, 6) is -0.503. The van der Waals surface area contributed by atoms with E-state index in [4.69, 9.17) is 16.3 Å². The van der Waals surface area contributed by atoms with Crippen LogP contribution in [0.25, 0.3) is 0 Å². The molecule has 1 atom stereocenters. The third-order valence-corrected chi connectivity index (χ3v) is 2.36. The SMILES string of the molecule is C=C(C)C(=O)OCC(O)CNc1cccc(Cl)c1. The van der Waals surface area contributed by atoms with Gasteiger partial charge in [-0.1, -0.05) is 24.2 Å². The topological polar surface area (TPSA) is 58.6 Å². The maximum Gasteiger partial charge on any atom is 0.333 e. The second-order valence-electron chi connectivity index (χ2n) is 3.92. The minimum Gasteiger partial charge on any atom is -0.460 e. The van der Waals surface area contributed by atoms with Gasteiger partial charge in [0, 0.05) is 22.8 Å². The molecule has 0 heterocycles. The minimum atomic E-state index is -0.785. The van der Waals surface area contributed by atoms with E-state index >= 15 is 0 Å². The average Bonchev–Trinajstić information content (AvgIpc) is 2.33. The molecule has 1 aromatic carbocycles. The van der Waals surface area contributed by atoms with Gasteiger partial charge in [-0.25, -0.2) is 4.79 Å². The Bertz CT molecular complexity index is 434. The molecule has 0 spiro atoms. The maximum absolute atomic E-state index is 11.1. The number of carbonyl (C=O) groups is 1. The smallest absolute Gasteiger partial charge is 0.333 e. The molecule has 0 fully saturated rings. The fraction of sp³-hybridized carbons (Fsp3) is 0.308. The summed E-state index contributed by atoms with van der Waals surface area (Å²) in [6.45, 7) is 5.20. The number of ether oxygens (including phenoxy) is 1. The van der Waals surface area contributed by atoms with Crippen LogP contribution in [0, 0.1) is 0 Å². The van der Waals surface area contributed by atoms with Gasteiger partial charge in [-0.15, -0.1) is 0 Å². The number of esters is 1. The maximum atomic E-state index is 11.1. The Kier molecular flexibility index (Phi) is 5.68. The molecule has 0 aliphatic carbocycles. The van der Waals surface area contributed by atoms with E-state index in [9.17, 15) is 9.90 Å². The fourth-order valence-electron chi connectivity index (χ4n) is 1.19. The van der Waals surface area contributed by atoms with Crippen LogP contribution in [0.3, 0.4) is 0 Å². The van der Waals surface area contributed by atoms with Crippen LogP contribution in [0.15, 0.2) is 36.4 Å². The van der Waals surface area contributed by atoms with Gasteiger partial charge in [-0.3, -0.25) is 0 Å². The Labute approximate surface area is 111 Å². The highest BCUT2D eigenvalue weighted by Gasteiger charge is 2.09. The number of aliphatic hydroxyl groups is 1. The van der Waals surface area contributed by atoms with Gasteiger partial charge in [0.25, 0.3) is 0 Å². The second kappa shape index (κ2) is 7.03. The predicted molar refractivity (Wildman–Crippen MR) is 71.7 cm³/mol. The molecular weight excluding hydrogens is 254 g/mol. The quantitative estimate of drug-likeness (QED) is 0.614. The van der Waals surface area contributed by atoms with Gasteiger partial charge in [0.2, 0.25) is 0 Å². The number of carbonyl (C=O) groups excluding carboxylic acids is 1. The summed E-state index contributed by atoms with van der Waals surface area (Å²) in [5.41, 5.74) is 1.11. The summed E-state index contributed by atoms with van der Waals surface area (Å²) in [7, 11) is 0. The van der Waals surface area contributed by atoms with Crippen molar-refractivity contribution in [3.63, 3.8) is 0 Å². The van der Waals surface area contributed by atoms with Crippen molar-refractivity contribution in [2.45, 2.75) is 13.0 Å². The third-order valence-electron chi connectivity index (χ3n) is 2.12. The lowest BCUT2D eigenvalue weighted by Crippen LogP contribution is -2.26. The summed E-state index contributed by atoms with van der Waals surface area (Å²) >= 11 is 5.82. The van der Waals surface area contributed by atoms with E-state index in [1.54, 1.807) is 25.1 Å². The molecule has 0 aliphatic rings. The highest BCUT2D eigenvalue weighted by atomic mass is 35.5. The van der Waals surface area contributed by atoms with Crippen LogP contribution in [-0.4, -0.2) is 30.3 Å². The van der Waals surface area contributed by atoms with Crippen molar-refractivity contribution in [2.75, 3.05) is 18.5 Å². The minimum absolute atomic E-state index is 0.0702. The molecule has 0 aromatic heterocycles.